The molecule has 0 fully saturated rings. The van der Waals surface area contributed by atoms with E-state index < -0.39 is 5.41 Å². The first-order valence-electron chi connectivity index (χ1n) is 6.21. The molecule has 19 heavy (non-hydrogen) atoms. The Labute approximate surface area is 113 Å². The molecule has 0 atom stereocenters. The molecule has 0 aromatic heterocycles. The van der Waals surface area contributed by atoms with E-state index in [4.69, 9.17) is 10.9 Å². The largest absolute Gasteiger partial charge is 0.409 e. The maximum Gasteiger partial charge on any atom is 0.240 e. The Morgan fingerprint density at radius 2 is 2.00 bits per heavy atom. The maximum atomic E-state index is 12.6. The molecule has 5 heteroatoms. The van der Waals surface area contributed by atoms with Crippen molar-refractivity contribution >= 4 is 17.4 Å². The minimum Gasteiger partial charge on any atom is -0.409 e. The molecule has 3 N–H and O–H groups in total. The number of hydrogen-bond donors (Lipinski definition) is 2. The number of rotatable bonds is 4. The Hall–Kier alpha value is -2.04. The summed E-state index contributed by atoms with van der Waals surface area (Å²) in [6.45, 7) is 7.65. The smallest absolute Gasteiger partial charge is 0.240 e. The molecule has 0 bridgehead atoms. The van der Waals surface area contributed by atoms with Crippen LogP contribution in [0.25, 0.3) is 0 Å². The number of amidine groups is 1. The van der Waals surface area contributed by atoms with Crippen LogP contribution < -0.4 is 10.6 Å². The Kier molecular flexibility index (Phi) is 4.53. The first-order valence-corrected chi connectivity index (χ1v) is 6.21. The minimum absolute atomic E-state index is 0.0930. The number of hydrogen-bond acceptors (Lipinski definition) is 3. The fourth-order valence-corrected chi connectivity index (χ4v) is 1.86. The summed E-state index contributed by atoms with van der Waals surface area (Å²) in [4.78, 5) is 14.2. The Morgan fingerprint density at radius 1 is 1.42 bits per heavy atom. The van der Waals surface area contributed by atoms with E-state index >= 15 is 0 Å². The number of aryl methyl sites for hydroxylation is 1. The lowest BCUT2D eigenvalue weighted by molar-refractivity contribution is -0.123. The number of nitrogens with two attached hydrogens (primary N) is 1. The summed E-state index contributed by atoms with van der Waals surface area (Å²) >= 11 is 0. The second-order valence-electron chi connectivity index (χ2n) is 4.95. The zero-order valence-corrected chi connectivity index (χ0v) is 11.8. The number of para-hydroxylation sites is 1. The van der Waals surface area contributed by atoms with E-state index in [9.17, 15) is 4.79 Å². The van der Waals surface area contributed by atoms with Crippen molar-refractivity contribution in [3.05, 3.63) is 29.8 Å². The van der Waals surface area contributed by atoms with Crippen molar-refractivity contribution in [1.82, 2.24) is 0 Å². The van der Waals surface area contributed by atoms with Crippen LogP contribution >= 0.6 is 0 Å². The monoisotopic (exact) mass is 263 g/mol. The van der Waals surface area contributed by atoms with Gasteiger partial charge in [-0.05, 0) is 39.3 Å². The summed E-state index contributed by atoms with van der Waals surface area (Å²) in [6.07, 6.45) is 0. The fraction of sp³-hybridized carbons (Fsp3) is 0.429. The first kappa shape index (κ1) is 15.0. The predicted molar refractivity (Wildman–Crippen MR) is 76.4 cm³/mol. The van der Waals surface area contributed by atoms with E-state index in [-0.39, 0.29) is 11.7 Å². The van der Waals surface area contributed by atoms with Gasteiger partial charge in [-0.2, -0.15) is 0 Å². The van der Waals surface area contributed by atoms with Gasteiger partial charge in [-0.3, -0.25) is 4.79 Å². The molecule has 5 nitrogen and oxygen atoms in total. The summed E-state index contributed by atoms with van der Waals surface area (Å²) in [5.74, 6) is -0.288. The molecule has 1 aromatic rings. The van der Waals surface area contributed by atoms with E-state index in [2.05, 4.69) is 5.16 Å². The third-order valence-electron chi connectivity index (χ3n) is 3.25. The molecular weight excluding hydrogens is 242 g/mol. The third kappa shape index (κ3) is 2.86. The van der Waals surface area contributed by atoms with Crippen molar-refractivity contribution < 1.29 is 10.0 Å². The highest BCUT2D eigenvalue weighted by atomic mass is 16.4. The van der Waals surface area contributed by atoms with Gasteiger partial charge in [-0.25, -0.2) is 0 Å². The first-order chi connectivity index (χ1) is 8.86. The standard InChI is InChI=1S/C14H21N3O2/c1-5-17(11-9-7-6-8-10(11)2)13(18)14(3,4)12(15)16-19/h6-9,19H,5H2,1-4H3,(H2,15,16). The molecule has 0 saturated carbocycles. The van der Waals surface area contributed by atoms with E-state index in [0.717, 1.165) is 11.3 Å². The molecule has 1 aromatic carbocycles. The molecule has 0 heterocycles. The SMILES string of the molecule is CCN(C(=O)C(C)(C)C(N)=NO)c1ccccc1C. The average molecular weight is 263 g/mol. The number of carbonyl (C=O) groups excluding carboxylic acids is 1. The molecule has 0 radical (unpaired) electrons. The van der Waals surface area contributed by atoms with E-state index in [1.165, 1.54) is 0 Å². The molecular formula is C14H21N3O2. The summed E-state index contributed by atoms with van der Waals surface area (Å²) in [5, 5.41) is 11.8. The highest BCUT2D eigenvalue weighted by molar-refractivity contribution is 6.12. The number of oxime groups is 1. The summed E-state index contributed by atoms with van der Waals surface area (Å²) in [7, 11) is 0. The molecule has 104 valence electrons. The Morgan fingerprint density at radius 3 is 2.47 bits per heavy atom. The molecule has 0 aliphatic rings. The fourth-order valence-electron chi connectivity index (χ4n) is 1.86. The molecule has 0 spiro atoms. The Bertz CT molecular complexity index is 495. The van der Waals surface area contributed by atoms with Crippen LogP contribution in [0, 0.1) is 12.3 Å². The van der Waals surface area contributed by atoms with Gasteiger partial charge in [0.25, 0.3) is 0 Å². The van der Waals surface area contributed by atoms with Gasteiger partial charge in [0.2, 0.25) is 5.91 Å². The lowest BCUT2D eigenvalue weighted by atomic mass is 9.89. The second kappa shape index (κ2) is 5.73. The summed E-state index contributed by atoms with van der Waals surface area (Å²) < 4.78 is 0. The van der Waals surface area contributed by atoms with E-state index in [1.54, 1.807) is 18.7 Å². The average Bonchev–Trinajstić information content (AvgIpc) is 2.40. The lowest BCUT2D eigenvalue weighted by Gasteiger charge is -2.31. The van der Waals surface area contributed by atoms with Gasteiger partial charge in [0, 0.05) is 12.2 Å². The molecule has 0 saturated heterocycles. The van der Waals surface area contributed by atoms with Crippen LogP contribution in [0.2, 0.25) is 0 Å². The Balaban J connectivity index is 3.19. The molecule has 1 amide bonds. The van der Waals surface area contributed by atoms with E-state index in [1.807, 2.05) is 38.1 Å². The summed E-state index contributed by atoms with van der Waals surface area (Å²) in [6, 6.07) is 7.64. The van der Waals surface area contributed by atoms with Gasteiger partial charge in [-0.1, -0.05) is 23.4 Å². The zero-order chi connectivity index (χ0) is 14.6. The summed E-state index contributed by atoms with van der Waals surface area (Å²) in [5.41, 5.74) is 6.41. The zero-order valence-electron chi connectivity index (χ0n) is 11.8. The van der Waals surface area contributed by atoms with Crippen LogP contribution in [0.4, 0.5) is 5.69 Å². The van der Waals surface area contributed by atoms with Crippen LogP contribution in [-0.2, 0) is 4.79 Å². The molecule has 0 unspecified atom stereocenters. The number of nitrogens with zero attached hydrogens (tertiary/aromatic N) is 2. The highest BCUT2D eigenvalue weighted by Crippen LogP contribution is 2.26. The van der Waals surface area contributed by atoms with Gasteiger partial charge < -0.3 is 15.8 Å². The molecule has 0 aliphatic carbocycles. The lowest BCUT2D eigenvalue weighted by Crippen LogP contribution is -2.48. The number of carbonyl (C=O) groups is 1. The van der Waals surface area contributed by atoms with Crippen LogP contribution in [0.5, 0.6) is 0 Å². The van der Waals surface area contributed by atoms with Crippen molar-refractivity contribution in [2.24, 2.45) is 16.3 Å². The van der Waals surface area contributed by atoms with Gasteiger partial charge in [-0.15, -0.1) is 0 Å². The molecule has 0 aliphatic heterocycles. The van der Waals surface area contributed by atoms with Gasteiger partial charge in [0.1, 0.15) is 5.41 Å². The van der Waals surface area contributed by atoms with Crippen molar-refractivity contribution in [3.8, 4) is 0 Å². The number of benzene rings is 1. The second-order valence-corrected chi connectivity index (χ2v) is 4.95. The maximum absolute atomic E-state index is 12.6. The van der Waals surface area contributed by atoms with Crippen molar-refractivity contribution in [2.75, 3.05) is 11.4 Å². The number of anilines is 1. The van der Waals surface area contributed by atoms with Crippen molar-refractivity contribution in [3.63, 3.8) is 0 Å². The quantitative estimate of drug-likeness (QED) is 0.378. The third-order valence-corrected chi connectivity index (χ3v) is 3.25. The van der Waals surface area contributed by atoms with Gasteiger partial charge in [0.05, 0.1) is 0 Å². The van der Waals surface area contributed by atoms with Crippen molar-refractivity contribution in [1.29, 1.82) is 0 Å². The van der Waals surface area contributed by atoms with Crippen LogP contribution in [0.1, 0.15) is 26.3 Å². The van der Waals surface area contributed by atoms with Gasteiger partial charge in [0.15, 0.2) is 5.84 Å². The highest BCUT2D eigenvalue weighted by Gasteiger charge is 2.36. The van der Waals surface area contributed by atoms with Crippen LogP contribution in [0.15, 0.2) is 29.4 Å². The van der Waals surface area contributed by atoms with Gasteiger partial charge >= 0.3 is 0 Å². The number of amides is 1. The minimum atomic E-state index is -1.05. The van der Waals surface area contributed by atoms with E-state index in [0.29, 0.717) is 6.54 Å². The normalized spacial score (nSPS) is 12.3. The van der Waals surface area contributed by atoms with Crippen molar-refractivity contribution in [2.45, 2.75) is 27.7 Å². The predicted octanol–water partition coefficient (Wildman–Crippen LogP) is 2.12. The van der Waals surface area contributed by atoms with Crippen LogP contribution in [-0.4, -0.2) is 23.5 Å². The molecule has 1 rings (SSSR count). The van der Waals surface area contributed by atoms with Crippen LogP contribution in [0.3, 0.4) is 0 Å². The topological polar surface area (TPSA) is 78.9 Å².